The lowest BCUT2D eigenvalue weighted by atomic mass is 10.6. The van der Waals surface area contributed by atoms with Crippen LogP contribution in [0, 0.1) is 22.7 Å². The Morgan fingerprint density at radius 3 is 1.82 bits per heavy atom. The molecule has 0 aromatic carbocycles. The molecule has 0 aliphatic rings. The molecule has 0 aliphatic carbocycles. The smallest absolute Gasteiger partial charge is 0.192 e. The minimum absolute atomic E-state index is 0.0663. The van der Waals surface area contributed by atoms with Crippen molar-refractivity contribution in [3.63, 3.8) is 0 Å². The summed E-state index contributed by atoms with van der Waals surface area (Å²) in [5.41, 5.74) is 0. The number of rotatable bonds is 0. The van der Waals surface area contributed by atoms with E-state index in [4.69, 9.17) is 10.5 Å². The van der Waals surface area contributed by atoms with Crippen molar-refractivity contribution in [3.8, 4) is 12.1 Å². The largest absolute Gasteiger partial charge is 0.237 e. The first-order valence-electron chi connectivity index (χ1n) is 2.48. The van der Waals surface area contributed by atoms with E-state index < -0.39 is 0 Å². The summed E-state index contributed by atoms with van der Waals surface area (Å²) in [6, 6.07) is 3.40. The minimum atomic E-state index is -0.0663. The van der Waals surface area contributed by atoms with Crippen molar-refractivity contribution in [2.45, 2.75) is 0 Å². The highest BCUT2D eigenvalue weighted by Crippen LogP contribution is 2.01. The van der Waals surface area contributed by atoms with Crippen LogP contribution in [0.5, 0.6) is 0 Å². The summed E-state index contributed by atoms with van der Waals surface area (Å²) in [6.45, 7) is 0. The Bertz CT molecular complexity index is 328. The van der Waals surface area contributed by atoms with E-state index in [2.05, 4.69) is 30.9 Å². The van der Waals surface area contributed by atoms with Crippen LogP contribution in [-0.4, -0.2) is 15.0 Å². The van der Waals surface area contributed by atoms with Crippen LogP contribution in [0.3, 0.4) is 0 Å². The molecule has 0 saturated heterocycles. The molecule has 52 valence electrons. The second kappa shape index (κ2) is 3.04. The molecular weight excluding hydrogens is 210 g/mol. The average Bonchev–Trinajstić information content (AvgIpc) is 2.03. The van der Waals surface area contributed by atoms with Crippen molar-refractivity contribution in [2.24, 2.45) is 0 Å². The molecule has 1 aromatic heterocycles. The molecule has 11 heavy (non-hydrogen) atoms. The SMILES string of the molecule is N#Cc1nc(Br)nc(C#N)n1. The topological polar surface area (TPSA) is 86.2 Å². The maximum Gasteiger partial charge on any atom is 0.237 e. The number of hydrogen-bond donors (Lipinski definition) is 0. The summed E-state index contributed by atoms with van der Waals surface area (Å²) < 4.78 is 0.195. The van der Waals surface area contributed by atoms with Gasteiger partial charge < -0.3 is 0 Å². The standard InChI is InChI=1S/C5BrN5/c6-5-10-3(1-7)9-4(2-8)11-5. The highest BCUT2D eigenvalue weighted by molar-refractivity contribution is 9.10. The fraction of sp³-hybridized carbons (Fsp3) is 0. The van der Waals surface area contributed by atoms with Gasteiger partial charge in [-0.05, 0) is 15.9 Å². The molecule has 0 fully saturated rings. The highest BCUT2D eigenvalue weighted by atomic mass is 79.9. The number of nitriles is 2. The van der Waals surface area contributed by atoms with E-state index in [0.717, 1.165) is 0 Å². The molecule has 1 aromatic rings. The zero-order valence-corrected chi connectivity index (χ0v) is 6.70. The van der Waals surface area contributed by atoms with Crippen molar-refractivity contribution in [1.29, 1.82) is 10.5 Å². The lowest BCUT2D eigenvalue weighted by molar-refractivity contribution is 0.955. The Morgan fingerprint density at radius 1 is 1.00 bits per heavy atom. The van der Waals surface area contributed by atoms with Gasteiger partial charge in [0, 0.05) is 0 Å². The van der Waals surface area contributed by atoms with Crippen LogP contribution >= 0.6 is 15.9 Å². The Balaban J connectivity index is 3.28. The molecule has 0 amide bonds. The van der Waals surface area contributed by atoms with Crippen LogP contribution in [0.2, 0.25) is 0 Å². The van der Waals surface area contributed by atoms with E-state index in [9.17, 15) is 0 Å². The third-order valence-electron chi connectivity index (χ3n) is 0.808. The molecule has 0 unspecified atom stereocenters. The minimum Gasteiger partial charge on any atom is -0.192 e. The number of hydrogen-bond acceptors (Lipinski definition) is 5. The molecule has 0 radical (unpaired) electrons. The van der Waals surface area contributed by atoms with Crippen LogP contribution in [-0.2, 0) is 0 Å². The Labute approximate surface area is 70.5 Å². The van der Waals surface area contributed by atoms with Gasteiger partial charge in [0.1, 0.15) is 12.1 Å². The maximum atomic E-state index is 8.35. The zero-order chi connectivity index (χ0) is 8.27. The van der Waals surface area contributed by atoms with Crippen molar-refractivity contribution in [3.05, 3.63) is 16.4 Å². The summed E-state index contributed by atoms with van der Waals surface area (Å²) in [4.78, 5) is 10.7. The van der Waals surface area contributed by atoms with E-state index >= 15 is 0 Å². The fourth-order valence-electron chi connectivity index (χ4n) is 0.450. The van der Waals surface area contributed by atoms with Crippen LogP contribution in [0.15, 0.2) is 4.73 Å². The van der Waals surface area contributed by atoms with Crippen LogP contribution in [0.1, 0.15) is 11.6 Å². The fourth-order valence-corrected chi connectivity index (χ4v) is 0.786. The monoisotopic (exact) mass is 209 g/mol. The van der Waals surface area contributed by atoms with Gasteiger partial charge in [-0.2, -0.15) is 25.5 Å². The maximum absolute atomic E-state index is 8.35. The predicted molar refractivity (Wildman–Crippen MR) is 37.0 cm³/mol. The summed E-state index contributed by atoms with van der Waals surface area (Å²) in [5, 5.41) is 16.7. The van der Waals surface area contributed by atoms with Crippen molar-refractivity contribution in [2.75, 3.05) is 0 Å². The zero-order valence-electron chi connectivity index (χ0n) is 5.11. The van der Waals surface area contributed by atoms with Crippen LogP contribution in [0.25, 0.3) is 0 Å². The number of aromatic nitrogens is 3. The Hall–Kier alpha value is -1.53. The van der Waals surface area contributed by atoms with Crippen molar-refractivity contribution < 1.29 is 0 Å². The van der Waals surface area contributed by atoms with E-state index in [1.165, 1.54) is 0 Å². The van der Waals surface area contributed by atoms with Gasteiger partial charge in [0.25, 0.3) is 0 Å². The molecular formula is C5BrN5. The van der Waals surface area contributed by atoms with Gasteiger partial charge in [-0.3, -0.25) is 0 Å². The van der Waals surface area contributed by atoms with E-state index in [0.29, 0.717) is 0 Å². The molecule has 6 heteroatoms. The van der Waals surface area contributed by atoms with Gasteiger partial charge in [0.2, 0.25) is 16.4 Å². The van der Waals surface area contributed by atoms with Gasteiger partial charge in [-0.25, -0.2) is 0 Å². The van der Waals surface area contributed by atoms with E-state index in [1.807, 2.05) is 0 Å². The van der Waals surface area contributed by atoms with E-state index in [1.54, 1.807) is 12.1 Å². The predicted octanol–water partition coefficient (Wildman–Crippen LogP) is 0.377. The molecule has 5 nitrogen and oxygen atoms in total. The summed E-state index contributed by atoms with van der Waals surface area (Å²) in [6.07, 6.45) is 0. The van der Waals surface area contributed by atoms with E-state index in [-0.39, 0.29) is 16.4 Å². The van der Waals surface area contributed by atoms with Gasteiger partial charge in [0.15, 0.2) is 0 Å². The van der Waals surface area contributed by atoms with Crippen LogP contribution in [0.4, 0.5) is 0 Å². The first-order chi connectivity index (χ1) is 5.26. The lowest BCUT2D eigenvalue weighted by Crippen LogP contribution is -1.97. The van der Waals surface area contributed by atoms with Crippen LogP contribution < -0.4 is 0 Å². The molecule has 0 aliphatic heterocycles. The molecule has 1 rings (SSSR count). The summed E-state index contributed by atoms with van der Waals surface area (Å²) in [5.74, 6) is -0.133. The van der Waals surface area contributed by atoms with Gasteiger partial charge in [0.05, 0.1) is 0 Å². The molecule has 0 atom stereocenters. The molecule has 0 spiro atoms. The van der Waals surface area contributed by atoms with Crippen molar-refractivity contribution >= 4 is 15.9 Å². The molecule has 0 N–H and O–H groups in total. The number of halogens is 1. The average molecular weight is 210 g/mol. The Kier molecular flexibility index (Phi) is 2.09. The van der Waals surface area contributed by atoms with Gasteiger partial charge in [-0.15, -0.1) is 0 Å². The molecule has 0 saturated carbocycles. The second-order valence-electron chi connectivity index (χ2n) is 1.48. The number of nitrogens with zero attached hydrogens (tertiary/aromatic N) is 5. The summed E-state index contributed by atoms with van der Waals surface area (Å²) >= 11 is 2.93. The quantitative estimate of drug-likeness (QED) is 0.617. The first-order valence-corrected chi connectivity index (χ1v) is 3.27. The Morgan fingerprint density at radius 2 is 1.45 bits per heavy atom. The lowest BCUT2D eigenvalue weighted by Gasteiger charge is -1.89. The normalized spacial score (nSPS) is 8.27. The molecule has 1 heterocycles. The van der Waals surface area contributed by atoms with Gasteiger partial charge >= 0.3 is 0 Å². The van der Waals surface area contributed by atoms with Gasteiger partial charge in [-0.1, -0.05) is 0 Å². The molecule has 0 bridgehead atoms. The highest BCUT2D eigenvalue weighted by Gasteiger charge is 2.01. The van der Waals surface area contributed by atoms with Crippen molar-refractivity contribution in [1.82, 2.24) is 15.0 Å². The third kappa shape index (κ3) is 1.69. The summed E-state index contributed by atoms with van der Waals surface area (Å²) in [7, 11) is 0. The first kappa shape index (κ1) is 7.58. The third-order valence-corrected chi connectivity index (χ3v) is 1.16. The second-order valence-corrected chi connectivity index (χ2v) is 2.18.